The highest BCUT2D eigenvalue weighted by atomic mass is 19.1. The Morgan fingerprint density at radius 2 is 1.85 bits per heavy atom. The first kappa shape index (κ1) is 19.4. The van der Waals surface area contributed by atoms with Gasteiger partial charge in [0.15, 0.2) is 0 Å². The van der Waals surface area contributed by atoms with Crippen LogP contribution in [0.15, 0.2) is 35.3 Å². The summed E-state index contributed by atoms with van der Waals surface area (Å²) in [6, 6.07) is 5.58. The quantitative estimate of drug-likeness (QED) is 0.846. The molecule has 0 unspecified atom stereocenters. The lowest BCUT2D eigenvalue weighted by molar-refractivity contribution is -0.155. The average Bonchev–Trinajstić information content (AvgIpc) is 2.50. The van der Waals surface area contributed by atoms with Crippen molar-refractivity contribution < 1.29 is 23.8 Å². The highest BCUT2D eigenvalue weighted by Gasteiger charge is 2.20. The van der Waals surface area contributed by atoms with E-state index in [4.69, 9.17) is 4.74 Å². The number of aromatic nitrogens is 1. The number of aromatic carboxylic acids is 1. The monoisotopic (exact) mass is 361 g/mol. The first-order valence-corrected chi connectivity index (χ1v) is 7.94. The number of benzene rings is 1. The van der Waals surface area contributed by atoms with Crippen molar-refractivity contribution in [2.24, 2.45) is 0 Å². The Balaban J connectivity index is 2.52. The van der Waals surface area contributed by atoms with Crippen molar-refractivity contribution >= 4 is 11.9 Å². The van der Waals surface area contributed by atoms with Gasteiger partial charge in [-0.1, -0.05) is 12.1 Å². The molecule has 0 bridgehead atoms. The van der Waals surface area contributed by atoms with Crippen LogP contribution < -0.4 is 5.56 Å². The van der Waals surface area contributed by atoms with Gasteiger partial charge in [-0.3, -0.25) is 9.59 Å². The van der Waals surface area contributed by atoms with Gasteiger partial charge in [-0.2, -0.15) is 0 Å². The van der Waals surface area contributed by atoms with E-state index in [1.165, 1.54) is 18.3 Å². The number of pyridine rings is 1. The van der Waals surface area contributed by atoms with E-state index in [1.54, 1.807) is 39.8 Å². The number of carbonyl (C=O) groups excluding carboxylic acids is 1. The molecular weight excluding hydrogens is 341 g/mol. The summed E-state index contributed by atoms with van der Waals surface area (Å²) in [6.45, 7) is 6.20. The fourth-order valence-electron chi connectivity index (χ4n) is 2.35. The zero-order chi connectivity index (χ0) is 19.6. The minimum Gasteiger partial charge on any atom is -0.477 e. The molecule has 0 atom stereocenters. The Hall–Kier alpha value is -2.96. The Kier molecular flexibility index (Phi) is 5.30. The summed E-state index contributed by atoms with van der Waals surface area (Å²) in [7, 11) is 0. The Bertz CT molecular complexity index is 925. The summed E-state index contributed by atoms with van der Waals surface area (Å²) in [5, 5.41) is 9.28. The van der Waals surface area contributed by atoms with Crippen molar-refractivity contribution in [2.75, 3.05) is 0 Å². The Morgan fingerprint density at radius 1 is 1.19 bits per heavy atom. The van der Waals surface area contributed by atoms with Crippen molar-refractivity contribution in [1.29, 1.82) is 0 Å². The maximum atomic E-state index is 13.8. The van der Waals surface area contributed by atoms with Crippen LogP contribution in [0, 0.1) is 12.7 Å². The molecule has 0 saturated carbocycles. The number of carboxylic acids is 1. The molecule has 2 aromatic rings. The number of rotatable bonds is 4. The molecule has 1 aromatic heterocycles. The smallest absolute Gasteiger partial charge is 0.341 e. The third-order valence-electron chi connectivity index (χ3n) is 3.54. The minimum absolute atomic E-state index is 0.310. The van der Waals surface area contributed by atoms with Crippen molar-refractivity contribution in [1.82, 2.24) is 4.57 Å². The van der Waals surface area contributed by atoms with E-state index < -0.39 is 41.0 Å². The first-order valence-electron chi connectivity index (χ1n) is 7.94. The highest BCUT2D eigenvalue weighted by Crippen LogP contribution is 2.22. The number of carbonyl (C=O) groups is 2. The molecule has 138 valence electrons. The Labute approximate surface area is 149 Å². The molecule has 0 aliphatic rings. The van der Waals surface area contributed by atoms with Gasteiger partial charge < -0.3 is 14.4 Å². The molecule has 1 heterocycles. The second-order valence-electron chi connectivity index (χ2n) is 6.93. The molecule has 26 heavy (non-hydrogen) atoms. The highest BCUT2D eigenvalue weighted by molar-refractivity contribution is 5.89. The number of nitrogens with zero attached hydrogens (tertiary/aromatic N) is 1. The zero-order valence-electron chi connectivity index (χ0n) is 15.0. The summed E-state index contributed by atoms with van der Waals surface area (Å²) in [4.78, 5) is 35.7. The molecule has 1 aromatic carbocycles. The van der Waals surface area contributed by atoms with Crippen molar-refractivity contribution in [3.63, 3.8) is 0 Å². The van der Waals surface area contributed by atoms with Crippen molar-refractivity contribution in [3.8, 4) is 11.1 Å². The molecular formula is C19H20FNO5. The number of hydrogen-bond acceptors (Lipinski definition) is 4. The maximum Gasteiger partial charge on any atom is 0.341 e. The topological polar surface area (TPSA) is 85.6 Å². The largest absolute Gasteiger partial charge is 0.477 e. The van der Waals surface area contributed by atoms with Crippen molar-refractivity contribution in [2.45, 2.75) is 39.8 Å². The first-order chi connectivity index (χ1) is 12.0. The van der Waals surface area contributed by atoms with Crippen LogP contribution in [0.4, 0.5) is 4.39 Å². The second kappa shape index (κ2) is 7.11. The van der Waals surface area contributed by atoms with E-state index in [-0.39, 0.29) is 0 Å². The van der Waals surface area contributed by atoms with Gasteiger partial charge in [0.25, 0.3) is 5.56 Å². The average molecular weight is 361 g/mol. The molecule has 0 spiro atoms. The molecule has 0 aliphatic carbocycles. The van der Waals surface area contributed by atoms with E-state index in [0.29, 0.717) is 16.7 Å². The minimum atomic E-state index is -1.43. The van der Waals surface area contributed by atoms with Gasteiger partial charge in [0.2, 0.25) is 0 Å². The normalized spacial score (nSPS) is 11.3. The molecule has 0 radical (unpaired) electrons. The zero-order valence-corrected chi connectivity index (χ0v) is 15.0. The van der Waals surface area contributed by atoms with E-state index in [1.807, 2.05) is 0 Å². The van der Waals surface area contributed by atoms with Gasteiger partial charge >= 0.3 is 11.9 Å². The molecule has 1 N–H and O–H groups in total. The lowest BCUT2D eigenvalue weighted by Gasteiger charge is -2.20. The fraction of sp³-hybridized carbons (Fsp3) is 0.316. The summed E-state index contributed by atoms with van der Waals surface area (Å²) in [5.74, 6) is -2.56. The third-order valence-corrected chi connectivity index (χ3v) is 3.54. The summed E-state index contributed by atoms with van der Waals surface area (Å²) in [5.41, 5.74) is -0.937. The van der Waals surface area contributed by atoms with Crippen LogP contribution in [0.5, 0.6) is 0 Å². The summed E-state index contributed by atoms with van der Waals surface area (Å²) in [6.07, 6.45) is 1.32. The van der Waals surface area contributed by atoms with Gasteiger partial charge in [-0.25, -0.2) is 9.18 Å². The van der Waals surface area contributed by atoms with Crippen LogP contribution in [-0.4, -0.2) is 27.2 Å². The van der Waals surface area contributed by atoms with E-state index >= 15 is 0 Å². The number of ether oxygens (including phenoxy) is 1. The molecule has 0 aliphatic heterocycles. The van der Waals surface area contributed by atoms with E-state index in [9.17, 15) is 23.9 Å². The second-order valence-corrected chi connectivity index (χ2v) is 6.93. The molecule has 0 fully saturated rings. The van der Waals surface area contributed by atoms with Crippen LogP contribution >= 0.6 is 0 Å². The predicted molar refractivity (Wildman–Crippen MR) is 93.6 cm³/mol. The van der Waals surface area contributed by atoms with Crippen LogP contribution in [0.1, 0.15) is 36.7 Å². The standard InChI is InChI=1S/C19H20FNO5/c1-11-5-6-12(8-15(11)20)13-7-14(18(24)25)17(23)21(9-13)10-16(22)26-19(2,3)4/h5-9H,10H2,1-4H3,(H,24,25). The SMILES string of the molecule is Cc1ccc(-c2cc(C(=O)O)c(=O)n(CC(=O)OC(C)(C)C)c2)cc1F. The van der Waals surface area contributed by atoms with E-state index in [0.717, 1.165) is 4.57 Å². The van der Waals surface area contributed by atoms with Gasteiger partial charge in [0, 0.05) is 6.20 Å². The number of carboxylic acid groups (broad SMARTS) is 1. The van der Waals surface area contributed by atoms with Gasteiger partial charge in [-0.15, -0.1) is 0 Å². The summed E-state index contributed by atoms with van der Waals surface area (Å²) < 4.78 is 20.0. The van der Waals surface area contributed by atoms with Crippen LogP contribution in [0.2, 0.25) is 0 Å². The van der Waals surface area contributed by atoms with Gasteiger partial charge in [-0.05, 0) is 56.5 Å². The molecule has 0 saturated heterocycles. The Morgan fingerprint density at radius 3 is 2.38 bits per heavy atom. The number of halogens is 1. The number of aryl methyl sites for hydroxylation is 1. The molecule has 7 heteroatoms. The van der Waals surface area contributed by atoms with Gasteiger partial charge in [0.1, 0.15) is 23.5 Å². The van der Waals surface area contributed by atoms with Crippen molar-refractivity contribution in [3.05, 3.63) is 57.8 Å². The number of esters is 1. The molecule has 6 nitrogen and oxygen atoms in total. The van der Waals surface area contributed by atoms with Crippen LogP contribution in [0.3, 0.4) is 0 Å². The predicted octanol–water partition coefficient (Wildman–Crippen LogP) is 3.00. The maximum absolute atomic E-state index is 13.8. The van der Waals surface area contributed by atoms with Crippen LogP contribution in [-0.2, 0) is 16.1 Å². The molecule has 0 amide bonds. The lowest BCUT2D eigenvalue weighted by atomic mass is 10.0. The molecule has 2 rings (SSSR count). The summed E-state index contributed by atoms with van der Waals surface area (Å²) >= 11 is 0. The number of hydrogen-bond donors (Lipinski definition) is 1. The van der Waals surface area contributed by atoms with Gasteiger partial charge in [0.05, 0.1) is 0 Å². The lowest BCUT2D eigenvalue weighted by Crippen LogP contribution is -2.32. The fourth-order valence-corrected chi connectivity index (χ4v) is 2.35. The van der Waals surface area contributed by atoms with E-state index in [2.05, 4.69) is 0 Å². The third kappa shape index (κ3) is 4.56. The van der Waals surface area contributed by atoms with Crippen LogP contribution in [0.25, 0.3) is 11.1 Å².